The maximum atomic E-state index is 5.27. The molecule has 3 radical (unpaired) electrons. The molecule has 0 bridgehead atoms. The first kappa shape index (κ1) is 8.65. The number of benzene rings is 1. The normalized spacial score (nSPS) is 9.00. The van der Waals surface area contributed by atoms with Gasteiger partial charge in [0.05, 0.1) is 10.2 Å². The topological polar surface area (TPSA) is 0 Å². The van der Waals surface area contributed by atoms with Gasteiger partial charge >= 0.3 is 0 Å². The van der Waals surface area contributed by atoms with Crippen molar-refractivity contribution in [2.75, 3.05) is 0 Å². The van der Waals surface area contributed by atoms with Crippen molar-refractivity contribution in [3.8, 4) is 24.7 Å². The molecule has 1 rings (SSSR count). The molecule has 0 nitrogen and oxygen atoms in total. The predicted molar refractivity (Wildman–Crippen MR) is 52.2 cm³/mol. The molecule has 1 aromatic carbocycles. The van der Waals surface area contributed by atoms with Crippen molar-refractivity contribution in [2.45, 2.75) is 5.92 Å². The third kappa shape index (κ3) is 1.59. The van der Waals surface area contributed by atoms with E-state index in [1.165, 1.54) is 0 Å². The Morgan fingerprint density at radius 2 is 1.75 bits per heavy atom. The molecule has 0 aromatic heterocycles. The van der Waals surface area contributed by atoms with Crippen LogP contribution in [0.15, 0.2) is 24.3 Å². The number of hydrogen-bond acceptors (Lipinski definition) is 0. The van der Waals surface area contributed by atoms with Crippen LogP contribution in [0.1, 0.15) is 11.5 Å². The lowest BCUT2D eigenvalue weighted by atomic mass is 10.0. The second kappa shape index (κ2) is 3.81. The van der Waals surface area contributed by atoms with Gasteiger partial charge in [-0.25, -0.2) is 0 Å². The van der Waals surface area contributed by atoms with Crippen LogP contribution in [0.25, 0.3) is 0 Å². The maximum Gasteiger partial charge on any atom is 0.105 e. The van der Waals surface area contributed by atoms with Crippen LogP contribution in [0.4, 0.5) is 0 Å². The van der Waals surface area contributed by atoms with E-state index in [1.807, 2.05) is 24.3 Å². The molecule has 0 aliphatic rings. The van der Waals surface area contributed by atoms with E-state index in [9.17, 15) is 0 Å². The van der Waals surface area contributed by atoms with E-state index in [0.717, 1.165) is 10.8 Å². The SMILES string of the molecule is C#CC(C#C)c1ccccc1[Si]. The molecule has 0 saturated carbocycles. The van der Waals surface area contributed by atoms with E-state index in [1.54, 1.807) is 0 Å². The molecule has 0 spiro atoms. The standard InChI is InChI=1S/C11H7Si/c1-3-9(4-2)10-7-5-6-8-11(10)12/h1-2,5-9H. The second-order valence-corrected chi connectivity index (χ2v) is 2.89. The van der Waals surface area contributed by atoms with Crippen molar-refractivity contribution in [3.05, 3.63) is 29.8 Å². The van der Waals surface area contributed by atoms with Crippen molar-refractivity contribution >= 4 is 15.4 Å². The molecule has 0 atom stereocenters. The number of terminal acetylenes is 2. The molecule has 12 heavy (non-hydrogen) atoms. The Morgan fingerprint density at radius 3 is 2.25 bits per heavy atom. The lowest BCUT2D eigenvalue weighted by Gasteiger charge is -2.06. The molecule has 0 saturated heterocycles. The van der Waals surface area contributed by atoms with Crippen LogP contribution in [0.2, 0.25) is 0 Å². The van der Waals surface area contributed by atoms with Gasteiger partial charge < -0.3 is 0 Å². The fourth-order valence-electron chi connectivity index (χ4n) is 0.976. The molecule has 0 amide bonds. The Bertz CT molecular complexity index is 338. The van der Waals surface area contributed by atoms with Crippen LogP contribution in [-0.2, 0) is 0 Å². The number of hydrogen-bond donors (Lipinski definition) is 0. The Hall–Kier alpha value is -1.44. The van der Waals surface area contributed by atoms with Crippen molar-refractivity contribution in [1.29, 1.82) is 0 Å². The molecular formula is C11H7Si. The van der Waals surface area contributed by atoms with E-state index in [2.05, 4.69) is 22.1 Å². The quantitative estimate of drug-likeness (QED) is 0.429. The summed E-state index contributed by atoms with van der Waals surface area (Å²) in [5.74, 6) is 4.85. The lowest BCUT2D eigenvalue weighted by molar-refractivity contribution is 1.19. The highest BCUT2D eigenvalue weighted by Gasteiger charge is 2.05. The van der Waals surface area contributed by atoms with Crippen molar-refractivity contribution in [1.82, 2.24) is 0 Å². The first-order chi connectivity index (χ1) is 5.79. The monoisotopic (exact) mass is 167 g/mol. The van der Waals surface area contributed by atoms with Crippen LogP contribution < -0.4 is 5.19 Å². The summed E-state index contributed by atoms with van der Waals surface area (Å²) >= 11 is 0. The smallest absolute Gasteiger partial charge is 0.105 e. The Labute approximate surface area is 76.4 Å². The molecule has 0 unspecified atom stereocenters. The van der Waals surface area contributed by atoms with Gasteiger partial charge in [0, 0.05) is 0 Å². The third-order valence-corrected chi connectivity index (χ3v) is 2.06. The van der Waals surface area contributed by atoms with Gasteiger partial charge in [0.15, 0.2) is 0 Å². The molecular weight excluding hydrogens is 160 g/mol. The highest BCUT2D eigenvalue weighted by Crippen LogP contribution is 2.09. The van der Waals surface area contributed by atoms with Crippen LogP contribution >= 0.6 is 0 Å². The zero-order valence-corrected chi connectivity index (χ0v) is 7.54. The van der Waals surface area contributed by atoms with Crippen LogP contribution in [-0.4, -0.2) is 10.2 Å². The Morgan fingerprint density at radius 1 is 1.17 bits per heavy atom. The van der Waals surface area contributed by atoms with E-state index in [0.29, 0.717) is 0 Å². The van der Waals surface area contributed by atoms with Gasteiger partial charge in [-0.2, -0.15) is 0 Å². The van der Waals surface area contributed by atoms with E-state index < -0.39 is 0 Å². The van der Waals surface area contributed by atoms with Crippen molar-refractivity contribution in [3.63, 3.8) is 0 Å². The summed E-state index contributed by atoms with van der Waals surface area (Å²) in [7, 11) is 3.44. The van der Waals surface area contributed by atoms with Crippen molar-refractivity contribution in [2.24, 2.45) is 0 Å². The average Bonchev–Trinajstić information content (AvgIpc) is 2.10. The first-order valence-corrected chi connectivity index (χ1v) is 4.02. The minimum absolute atomic E-state index is 0.237. The van der Waals surface area contributed by atoms with E-state index >= 15 is 0 Å². The second-order valence-electron chi connectivity index (χ2n) is 2.35. The summed E-state index contributed by atoms with van der Waals surface area (Å²) < 4.78 is 0. The molecule has 0 fully saturated rings. The summed E-state index contributed by atoms with van der Waals surface area (Å²) in [5, 5.41) is 0.957. The summed E-state index contributed by atoms with van der Waals surface area (Å²) in [4.78, 5) is 0. The number of rotatable bonds is 1. The minimum Gasteiger partial charge on any atom is -0.118 e. The van der Waals surface area contributed by atoms with Crippen molar-refractivity contribution < 1.29 is 0 Å². The van der Waals surface area contributed by atoms with Gasteiger partial charge in [-0.1, -0.05) is 41.3 Å². The van der Waals surface area contributed by atoms with Gasteiger partial charge in [0.25, 0.3) is 0 Å². The molecule has 1 heteroatoms. The highest BCUT2D eigenvalue weighted by atomic mass is 28.1. The maximum absolute atomic E-state index is 5.27. The predicted octanol–water partition coefficient (Wildman–Crippen LogP) is 0.830. The average molecular weight is 167 g/mol. The van der Waals surface area contributed by atoms with Gasteiger partial charge in [-0.3, -0.25) is 0 Å². The largest absolute Gasteiger partial charge is 0.118 e. The van der Waals surface area contributed by atoms with Gasteiger partial charge in [0.2, 0.25) is 0 Å². The first-order valence-electron chi connectivity index (χ1n) is 3.52. The summed E-state index contributed by atoms with van der Waals surface area (Å²) in [6.45, 7) is 0. The van der Waals surface area contributed by atoms with E-state index in [4.69, 9.17) is 12.8 Å². The minimum atomic E-state index is -0.237. The zero-order chi connectivity index (χ0) is 8.97. The van der Waals surface area contributed by atoms with Gasteiger partial charge in [-0.05, 0) is 5.56 Å². The van der Waals surface area contributed by atoms with Crippen LogP contribution in [0.3, 0.4) is 0 Å². The fraction of sp³-hybridized carbons (Fsp3) is 0.0909. The highest BCUT2D eigenvalue weighted by molar-refractivity contribution is 6.33. The fourth-order valence-corrected chi connectivity index (χ4v) is 1.30. The third-order valence-electron chi connectivity index (χ3n) is 1.61. The molecule has 0 aliphatic carbocycles. The van der Waals surface area contributed by atoms with Gasteiger partial charge in [0.1, 0.15) is 5.92 Å². The summed E-state index contributed by atoms with van der Waals surface area (Å²) in [6.07, 6.45) is 10.5. The molecule has 1 aromatic rings. The van der Waals surface area contributed by atoms with Crippen LogP contribution in [0.5, 0.6) is 0 Å². The molecule has 55 valence electrons. The Balaban J connectivity index is 3.13. The van der Waals surface area contributed by atoms with E-state index in [-0.39, 0.29) is 5.92 Å². The van der Waals surface area contributed by atoms with Gasteiger partial charge in [-0.15, -0.1) is 12.8 Å². The summed E-state index contributed by atoms with van der Waals surface area (Å²) in [5.41, 5.74) is 0.971. The lowest BCUT2D eigenvalue weighted by Crippen LogP contribution is -2.11. The summed E-state index contributed by atoms with van der Waals surface area (Å²) in [6, 6.07) is 7.69. The molecule has 0 aliphatic heterocycles. The Kier molecular flexibility index (Phi) is 2.75. The van der Waals surface area contributed by atoms with Crippen LogP contribution in [0, 0.1) is 24.7 Å². The molecule has 0 heterocycles. The zero-order valence-electron chi connectivity index (χ0n) is 6.54. The molecule has 0 N–H and O–H groups in total.